The molecule has 0 amide bonds. The number of carbonyl (C=O) groups excluding carboxylic acids is 4. The molecule has 0 spiro atoms. The van der Waals surface area contributed by atoms with E-state index in [1.165, 1.54) is 96.3 Å². The zero-order chi connectivity index (χ0) is 98.7. The van der Waals surface area contributed by atoms with Gasteiger partial charge in [-0.05, 0) is 257 Å². The Morgan fingerprint density at radius 2 is 0.517 bits per heavy atom. The van der Waals surface area contributed by atoms with Gasteiger partial charge in [0.05, 0.1) is 116 Å². The van der Waals surface area contributed by atoms with Crippen LogP contribution in [0.5, 0.6) is 0 Å². The fourth-order valence-electron chi connectivity index (χ4n) is 19.2. The van der Waals surface area contributed by atoms with Gasteiger partial charge in [-0.15, -0.1) is 0 Å². The van der Waals surface area contributed by atoms with Crippen molar-refractivity contribution in [3.05, 3.63) is 338 Å². The van der Waals surface area contributed by atoms with Crippen molar-refractivity contribution in [3.63, 3.8) is 0 Å². The molecule has 12 aromatic heterocycles. The summed E-state index contributed by atoms with van der Waals surface area (Å²) in [5.74, 6) is 3.97. The number of alkyl halides is 1. The zero-order valence-corrected chi connectivity index (χ0v) is 80.9. The minimum Gasteiger partial charge on any atom is -0.324 e. The number of aryl methyl sites for hydroxylation is 6. The first-order valence-corrected chi connectivity index (χ1v) is 50.3. The third-order valence-corrected chi connectivity index (χ3v) is 27.9. The number of aldehydes is 4. The van der Waals surface area contributed by atoms with Crippen molar-refractivity contribution < 1.29 is 45.5 Å². The van der Waals surface area contributed by atoms with E-state index >= 15 is 0 Å². The molecule has 6 aliphatic rings. The van der Waals surface area contributed by atoms with E-state index in [4.69, 9.17) is 35.2 Å². The summed E-state index contributed by atoms with van der Waals surface area (Å²) in [6.07, 6.45) is 35.4. The number of thioether (sulfide) groups is 2. The van der Waals surface area contributed by atoms with Crippen LogP contribution in [0.3, 0.4) is 0 Å². The maximum absolute atomic E-state index is 13.3. The highest BCUT2D eigenvalue weighted by atomic mass is 127. The van der Waals surface area contributed by atoms with E-state index in [1.54, 1.807) is 135 Å². The molecule has 0 radical (unpaired) electrons. The molecule has 34 heteroatoms. The van der Waals surface area contributed by atoms with E-state index in [-0.39, 0.29) is 65.1 Å². The highest BCUT2D eigenvalue weighted by Crippen LogP contribution is 2.48. The fourth-order valence-corrected chi connectivity index (χ4v) is 20.8. The molecule has 0 aliphatic carbocycles. The summed E-state index contributed by atoms with van der Waals surface area (Å²) < 4.78 is 93.1. The largest absolute Gasteiger partial charge is 0.324 e. The van der Waals surface area contributed by atoms with E-state index in [2.05, 4.69) is 77.7 Å². The van der Waals surface area contributed by atoms with Gasteiger partial charge in [-0.2, -0.15) is 5.26 Å². The molecule has 25 nitrogen and oxygen atoms in total. The highest BCUT2D eigenvalue weighted by molar-refractivity contribution is 14.1. The molecule has 0 fully saturated rings. The number of carbonyl (C=O) groups is 4. The second kappa shape index (κ2) is 43.7. The Morgan fingerprint density at radius 1 is 0.294 bits per heavy atom. The van der Waals surface area contributed by atoms with Gasteiger partial charge in [0.15, 0.2) is 10.3 Å². The SMILES string of the molecule is CSc1nccc(-c2c(-c3ccc(F)cc3)nc3n2[C@@H](C=O)CC3)n1.CSc1nccc(-c2c(-c3ccc(F)cc3)nc3n2[C@H](C=O)CC3)n1.Fc1ccc(-c2nc3n(c2-c2ccncc2)[C@H](CI)CC3)cc1.N#CC[C@@H]1CCc2nc(-c3ccc(F)cc3)c(-c3ccncc3)n21.O=C[C@@H]1CCc2nc(-c3ccc(F)cc3)c(-c3ccncc3)n21.O=C[C@H]1CCc2nc(-c3ccc(F)cc3)c(-c3ccncc3)n21. The smallest absolute Gasteiger partial charge is 0.187 e. The minimum absolute atomic E-state index is 0.134. The van der Waals surface area contributed by atoms with Crippen LogP contribution in [0.15, 0.2) is 279 Å². The van der Waals surface area contributed by atoms with E-state index in [9.17, 15) is 45.5 Å². The number of nitriles is 1. The first kappa shape index (κ1) is 96.4. The highest BCUT2D eigenvalue weighted by Gasteiger charge is 2.38. The maximum Gasteiger partial charge on any atom is 0.187 e. The quantitative estimate of drug-likeness (QED) is 0.0171. The Kier molecular flexibility index (Phi) is 29.5. The minimum atomic E-state index is -0.297. The van der Waals surface area contributed by atoms with Crippen LogP contribution in [-0.4, -0.2) is 139 Å². The second-order valence-electron chi connectivity index (χ2n) is 34.3. The molecule has 0 unspecified atom stereocenters. The topological polar surface area (TPSA) is 302 Å². The van der Waals surface area contributed by atoms with E-state index < -0.39 is 0 Å². The normalized spacial score (nSPS) is 16.2. The maximum atomic E-state index is 13.3. The van der Waals surface area contributed by atoms with Gasteiger partial charge in [0.1, 0.15) is 95.0 Å². The van der Waals surface area contributed by atoms with E-state index in [0.29, 0.717) is 45.6 Å². The Bertz CT molecular complexity index is 7360. The number of rotatable bonds is 20. The number of fused-ring (bicyclic) bond motifs is 6. The molecule has 0 saturated carbocycles. The van der Waals surface area contributed by atoms with Gasteiger partial charge in [0.2, 0.25) is 0 Å². The van der Waals surface area contributed by atoms with Crippen LogP contribution in [-0.2, 0) is 57.7 Å². The summed E-state index contributed by atoms with van der Waals surface area (Å²) in [5, 5.41) is 10.4. The number of pyridine rings is 4. The van der Waals surface area contributed by atoms with Crippen molar-refractivity contribution >= 4 is 71.3 Å². The number of hydrogen-bond acceptors (Lipinski definition) is 21. The first-order valence-electron chi connectivity index (χ1n) is 46.4. The standard InChI is InChI=1S/C19H15FN4.C18H15FIN3.2C18H15FN4OS.2C18H14FN3O/c20-15-3-1-13(2-4-15)18-19(14-8-11-22-12-9-14)24-16(7-10-21)5-6-17(24)23-18;19-14-3-1-12(2-4-14)17-18(13-7-9-21-10-8-13)23-15(11-20)5-6-16(23)22-17;2*1-25-18-20-9-8-14(21-18)17-16(11-2-4-12(19)5-3-11)22-15-7-6-13(10-24)23(15)17;2*19-14-3-1-12(2-4-14)17-18(13-7-9-20-10-8-13)22-15(11-23)5-6-16(22)21-17/h1-4,8-9,11-12,16H,5-7H2;1-4,7-10,15H,5-6,11H2;2*2-5,8-10,13H,6-7H2,1H3;2*1-4,7-11,15H,5-6H2/t16-;15-;2*13-;2*15-/m001010/s1. The van der Waals surface area contributed by atoms with Crippen LogP contribution in [0, 0.1) is 46.2 Å². The summed E-state index contributed by atoms with van der Waals surface area (Å²) in [5.41, 5.74) is 20.7. The lowest BCUT2D eigenvalue weighted by Crippen LogP contribution is -2.08. The monoisotopic (exact) mass is 2060 g/mol. The van der Waals surface area contributed by atoms with Gasteiger partial charge in [0.25, 0.3) is 0 Å². The van der Waals surface area contributed by atoms with Crippen molar-refractivity contribution in [3.8, 4) is 141 Å². The molecule has 0 N–H and O–H groups in total. The van der Waals surface area contributed by atoms with Gasteiger partial charge in [-0.25, -0.2) is 76.2 Å². The van der Waals surface area contributed by atoms with E-state index in [0.717, 1.165) is 254 Å². The van der Waals surface area contributed by atoms with Crippen molar-refractivity contribution in [1.29, 1.82) is 5.26 Å². The van der Waals surface area contributed by atoms with Crippen LogP contribution < -0.4 is 0 Å². The molecule has 6 aliphatic heterocycles. The lowest BCUT2D eigenvalue weighted by Gasteiger charge is -2.15. The van der Waals surface area contributed by atoms with Gasteiger partial charge in [0, 0.05) is 173 Å². The first-order chi connectivity index (χ1) is 70.0. The van der Waals surface area contributed by atoms with Crippen molar-refractivity contribution in [2.24, 2.45) is 0 Å². The Balaban J connectivity index is 0.000000109. The number of benzene rings is 6. The number of nitrogens with zero attached hydrogens (tertiary/aromatic N) is 21. The summed E-state index contributed by atoms with van der Waals surface area (Å²) >= 11 is 5.35. The summed E-state index contributed by atoms with van der Waals surface area (Å²) in [7, 11) is 0. The van der Waals surface area contributed by atoms with Crippen LogP contribution >= 0.6 is 46.1 Å². The Morgan fingerprint density at radius 3 is 0.762 bits per heavy atom. The molecule has 0 saturated heterocycles. The molecule has 6 atom stereocenters. The molecular formula is C109H88F6IN21O4S2. The van der Waals surface area contributed by atoms with Crippen LogP contribution in [0.2, 0.25) is 0 Å². The number of hydrogen-bond donors (Lipinski definition) is 0. The average molecular weight is 2060 g/mol. The lowest BCUT2D eigenvalue weighted by molar-refractivity contribution is -0.111. The second-order valence-corrected chi connectivity index (χ2v) is 36.7. The van der Waals surface area contributed by atoms with Crippen LogP contribution in [0.1, 0.15) is 116 Å². The Hall–Kier alpha value is -15.5. The third-order valence-electron chi connectivity index (χ3n) is 25.8. The lowest BCUT2D eigenvalue weighted by atomic mass is 10.0. The Labute approximate surface area is 839 Å². The summed E-state index contributed by atoms with van der Waals surface area (Å²) in [4.78, 5) is 108. The van der Waals surface area contributed by atoms with Crippen LogP contribution in [0.4, 0.5) is 26.3 Å². The summed E-state index contributed by atoms with van der Waals surface area (Å²) in [6, 6.07) is 59.1. The van der Waals surface area contributed by atoms with Crippen LogP contribution in [0.25, 0.3) is 135 Å². The van der Waals surface area contributed by atoms with E-state index in [1.807, 2.05) is 91.4 Å². The fraction of sp³-hybridized carbons (Fsp3) is 0.202. The van der Waals surface area contributed by atoms with Gasteiger partial charge in [-0.3, -0.25) is 19.9 Å². The molecule has 6 aromatic carbocycles. The van der Waals surface area contributed by atoms with Crippen molar-refractivity contribution in [2.75, 3.05) is 16.9 Å². The number of halogens is 7. The number of aromatic nitrogens is 20. The molecule has 0 bridgehead atoms. The predicted octanol–water partition coefficient (Wildman–Crippen LogP) is 22.8. The molecule has 18 heterocycles. The van der Waals surface area contributed by atoms with Gasteiger partial charge < -0.3 is 46.6 Å². The average Bonchev–Trinajstić information content (AvgIpc) is 1.61. The molecule has 143 heavy (non-hydrogen) atoms. The van der Waals surface area contributed by atoms with Gasteiger partial charge >= 0.3 is 0 Å². The molecule has 18 aromatic rings. The summed E-state index contributed by atoms with van der Waals surface area (Å²) in [6.45, 7) is 0. The van der Waals surface area contributed by atoms with Crippen molar-refractivity contribution in [1.82, 2.24) is 97.2 Å². The molecule has 24 rings (SSSR count). The molecule has 714 valence electrons. The number of imidazole rings is 6. The zero-order valence-electron chi connectivity index (χ0n) is 77.1. The third kappa shape index (κ3) is 20.2. The van der Waals surface area contributed by atoms with Gasteiger partial charge in [-0.1, -0.05) is 46.1 Å². The van der Waals surface area contributed by atoms with Crippen molar-refractivity contribution in [2.45, 2.75) is 130 Å². The molecular weight excluding hydrogens is 1970 g/mol. The predicted molar refractivity (Wildman–Crippen MR) is 542 cm³/mol.